The largest absolute Gasteiger partial charge is 0.319 e. The number of hydrogen-bond acceptors (Lipinski definition) is 2. The van der Waals surface area contributed by atoms with E-state index < -0.39 is 0 Å². The van der Waals surface area contributed by atoms with Crippen molar-refractivity contribution in [3.05, 3.63) is 16.9 Å². The highest BCUT2D eigenvalue weighted by Gasteiger charge is 2.06. The van der Waals surface area contributed by atoms with Crippen LogP contribution in [0, 0.1) is 0 Å². The summed E-state index contributed by atoms with van der Waals surface area (Å²) in [6.07, 6.45) is 3.75. The van der Waals surface area contributed by atoms with Crippen LogP contribution in [0.2, 0.25) is 5.02 Å². The summed E-state index contributed by atoms with van der Waals surface area (Å²) in [4.78, 5) is 0. The molecule has 3 nitrogen and oxygen atoms in total. The maximum Gasteiger partial charge on any atom is 0.0818 e. The number of nitrogens with zero attached hydrogens (tertiary/aromatic N) is 2. The Morgan fingerprint density at radius 1 is 1.62 bits per heavy atom. The van der Waals surface area contributed by atoms with Crippen molar-refractivity contribution in [1.82, 2.24) is 15.1 Å². The fourth-order valence-corrected chi connectivity index (χ4v) is 1.52. The molecule has 74 valence electrons. The van der Waals surface area contributed by atoms with E-state index in [1.807, 2.05) is 11.7 Å². The number of likely N-dealkylation sites (N-methyl/N-ethyl adjacent to an activating group) is 1. The monoisotopic (exact) mass is 201 g/mol. The summed E-state index contributed by atoms with van der Waals surface area (Å²) in [7, 11) is 1.94. The molecule has 0 aliphatic carbocycles. The Morgan fingerprint density at radius 2 is 2.38 bits per heavy atom. The van der Waals surface area contributed by atoms with E-state index in [0.29, 0.717) is 0 Å². The highest BCUT2D eigenvalue weighted by atomic mass is 35.5. The first-order chi connectivity index (χ1) is 6.29. The summed E-state index contributed by atoms with van der Waals surface area (Å²) in [5, 5.41) is 8.10. The number of aryl methyl sites for hydroxylation is 1. The van der Waals surface area contributed by atoms with Gasteiger partial charge in [-0.25, -0.2) is 0 Å². The minimum absolute atomic E-state index is 0.781. The van der Waals surface area contributed by atoms with E-state index in [1.165, 1.54) is 0 Å². The first kappa shape index (κ1) is 10.5. The normalized spacial score (nSPS) is 10.7. The first-order valence-corrected chi connectivity index (χ1v) is 5.02. The summed E-state index contributed by atoms with van der Waals surface area (Å²) >= 11 is 6.01. The molecular weight excluding hydrogens is 186 g/mol. The second-order valence-electron chi connectivity index (χ2n) is 3.02. The lowest BCUT2D eigenvalue weighted by molar-refractivity contribution is 0.568. The molecule has 0 aromatic carbocycles. The van der Waals surface area contributed by atoms with Gasteiger partial charge in [0.05, 0.1) is 16.9 Å². The fourth-order valence-electron chi connectivity index (χ4n) is 1.28. The molecule has 0 aliphatic heterocycles. The lowest BCUT2D eigenvalue weighted by atomic mass is 10.3. The second-order valence-corrected chi connectivity index (χ2v) is 3.42. The highest BCUT2D eigenvalue weighted by Crippen LogP contribution is 2.15. The van der Waals surface area contributed by atoms with E-state index in [1.54, 1.807) is 6.20 Å². The van der Waals surface area contributed by atoms with E-state index in [-0.39, 0.29) is 0 Å². The second kappa shape index (κ2) is 5.25. The topological polar surface area (TPSA) is 29.9 Å². The van der Waals surface area contributed by atoms with Gasteiger partial charge in [0.25, 0.3) is 0 Å². The van der Waals surface area contributed by atoms with E-state index >= 15 is 0 Å². The van der Waals surface area contributed by atoms with Gasteiger partial charge in [-0.2, -0.15) is 5.10 Å². The Balaban J connectivity index is 2.69. The predicted octanol–water partition coefficient (Wildman–Crippen LogP) is 1.71. The maximum absolute atomic E-state index is 6.01. The molecule has 0 saturated heterocycles. The molecule has 4 heteroatoms. The molecule has 0 fully saturated rings. The maximum atomic E-state index is 6.01. The standard InChI is InChI=1S/C9H16ClN3/c1-3-6-13-9(4-5-11-2)8(10)7-12-13/h7,11H,3-6H2,1-2H3. The summed E-state index contributed by atoms with van der Waals surface area (Å²) in [6.45, 7) is 4.03. The van der Waals surface area contributed by atoms with Gasteiger partial charge >= 0.3 is 0 Å². The quantitative estimate of drug-likeness (QED) is 0.786. The minimum atomic E-state index is 0.781. The van der Waals surface area contributed by atoms with Crippen LogP contribution in [0.3, 0.4) is 0 Å². The Hall–Kier alpha value is -0.540. The number of hydrogen-bond donors (Lipinski definition) is 1. The van der Waals surface area contributed by atoms with Gasteiger partial charge in [0.1, 0.15) is 0 Å². The molecule has 0 atom stereocenters. The van der Waals surface area contributed by atoms with E-state index in [9.17, 15) is 0 Å². The summed E-state index contributed by atoms with van der Waals surface area (Å²) in [6, 6.07) is 0. The van der Waals surface area contributed by atoms with E-state index in [4.69, 9.17) is 11.6 Å². The zero-order chi connectivity index (χ0) is 9.68. The molecule has 1 aromatic heterocycles. The van der Waals surface area contributed by atoms with Crippen LogP contribution in [-0.2, 0) is 13.0 Å². The molecule has 0 aliphatic rings. The van der Waals surface area contributed by atoms with E-state index in [0.717, 1.165) is 36.6 Å². The molecule has 1 aromatic rings. The summed E-state index contributed by atoms with van der Waals surface area (Å²) in [5.41, 5.74) is 1.14. The van der Waals surface area contributed by atoms with Crippen molar-refractivity contribution in [2.75, 3.05) is 13.6 Å². The number of halogens is 1. The van der Waals surface area contributed by atoms with Crippen molar-refractivity contribution < 1.29 is 0 Å². The third kappa shape index (κ3) is 2.71. The van der Waals surface area contributed by atoms with Gasteiger partial charge in [-0.1, -0.05) is 18.5 Å². The van der Waals surface area contributed by atoms with Crippen LogP contribution in [0.5, 0.6) is 0 Å². The summed E-state index contributed by atoms with van der Waals surface area (Å²) in [5.74, 6) is 0. The highest BCUT2D eigenvalue weighted by molar-refractivity contribution is 6.31. The molecule has 0 saturated carbocycles. The molecule has 0 unspecified atom stereocenters. The van der Waals surface area contributed by atoms with Crippen LogP contribution in [-0.4, -0.2) is 23.4 Å². The van der Waals surface area contributed by atoms with Crippen molar-refractivity contribution in [2.45, 2.75) is 26.3 Å². The van der Waals surface area contributed by atoms with Gasteiger partial charge in [0.2, 0.25) is 0 Å². The average Bonchev–Trinajstić information content (AvgIpc) is 2.45. The predicted molar refractivity (Wildman–Crippen MR) is 55.2 cm³/mol. The Morgan fingerprint density at radius 3 is 3.00 bits per heavy atom. The number of aromatic nitrogens is 2. The van der Waals surface area contributed by atoms with Gasteiger partial charge in [0.15, 0.2) is 0 Å². The lowest BCUT2D eigenvalue weighted by Gasteiger charge is -2.05. The number of nitrogens with one attached hydrogen (secondary N) is 1. The summed E-state index contributed by atoms with van der Waals surface area (Å²) < 4.78 is 1.99. The van der Waals surface area contributed by atoms with Crippen molar-refractivity contribution >= 4 is 11.6 Å². The molecule has 13 heavy (non-hydrogen) atoms. The zero-order valence-corrected chi connectivity index (χ0v) is 8.93. The van der Waals surface area contributed by atoms with Crippen LogP contribution in [0.25, 0.3) is 0 Å². The average molecular weight is 202 g/mol. The van der Waals surface area contributed by atoms with Crippen LogP contribution in [0.15, 0.2) is 6.20 Å². The molecule has 1 heterocycles. The first-order valence-electron chi connectivity index (χ1n) is 4.64. The fraction of sp³-hybridized carbons (Fsp3) is 0.667. The molecule has 0 radical (unpaired) electrons. The minimum Gasteiger partial charge on any atom is -0.319 e. The van der Waals surface area contributed by atoms with Crippen LogP contribution < -0.4 is 5.32 Å². The smallest absolute Gasteiger partial charge is 0.0818 e. The lowest BCUT2D eigenvalue weighted by Crippen LogP contribution is -2.14. The van der Waals surface area contributed by atoms with Gasteiger partial charge < -0.3 is 5.32 Å². The Bertz CT molecular complexity index is 257. The van der Waals surface area contributed by atoms with Gasteiger partial charge in [0, 0.05) is 19.5 Å². The van der Waals surface area contributed by atoms with Crippen molar-refractivity contribution in [1.29, 1.82) is 0 Å². The van der Waals surface area contributed by atoms with Crippen molar-refractivity contribution in [3.63, 3.8) is 0 Å². The SMILES string of the molecule is CCCn1ncc(Cl)c1CCNC. The van der Waals surface area contributed by atoms with Gasteiger partial charge in [-0.15, -0.1) is 0 Å². The van der Waals surface area contributed by atoms with Gasteiger partial charge in [-0.3, -0.25) is 4.68 Å². The van der Waals surface area contributed by atoms with E-state index in [2.05, 4.69) is 17.3 Å². The Labute approximate surface area is 84.1 Å². The van der Waals surface area contributed by atoms with Gasteiger partial charge in [-0.05, 0) is 13.5 Å². The van der Waals surface area contributed by atoms with Crippen LogP contribution in [0.1, 0.15) is 19.0 Å². The Kier molecular flexibility index (Phi) is 4.25. The zero-order valence-electron chi connectivity index (χ0n) is 8.18. The third-order valence-electron chi connectivity index (χ3n) is 1.94. The molecule has 0 bridgehead atoms. The van der Waals surface area contributed by atoms with Crippen LogP contribution in [0.4, 0.5) is 0 Å². The van der Waals surface area contributed by atoms with Crippen LogP contribution >= 0.6 is 11.6 Å². The number of rotatable bonds is 5. The third-order valence-corrected chi connectivity index (χ3v) is 2.26. The molecule has 1 rings (SSSR count). The molecule has 1 N–H and O–H groups in total. The van der Waals surface area contributed by atoms with Crippen molar-refractivity contribution in [3.8, 4) is 0 Å². The van der Waals surface area contributed by atoms with Crippen molar-refractivity contribution in [2.24, 2.45) is 0 Å². The molecular formula is C9H16ClN3. The molecule has 0 amide bonds. The molecule has 0 spiro atoms.